The van der Waals surface area contributed by atoms with E-state index in [1.807, 2.05) is 36.5 Å². The summed E-state index contributed by atoms with van der Waals surface area (Å²) in [6.07, 6.45) is 2.49. The Bertz CT molecular complexity index is 434. The van der Waals surface area contributed by atoms with Crippen LogP contribution >= 0.6 is 0 Å². The van der Waals surface area contributed by atoms with Gasteiger partial charge in [0.15, 0.2) is 0 Å². The Morgan fingerprint density at radius 3 is 2.94 bits per heavy atom. The van der Waals surface area contributed by atoms with Crippen molar-refractivity contribution in [1.82, 2.24) is 5.43 Å². The molecule has 1 aliphatic rings. The maximum Gasteiger partial charge on any atom is 0.241 e. The van der Waals surface area contributed by atoms with Crippen LogP contribution in [0, 0.1) is 0 Å². The average molecular weight is 249 g/mol. The minimum Gasteiger partial charge on any atom is -0.497 e. The van der Waals surface area contributed by atoms with Crippen molar-refractivity contribution in [3.05, 3.63) is 23.8 Å². The number of aliphatic imine (C=N–C) groups is 1. The minimum atomic E-state index is -0.309. The highest BCUT2D eigenvalue weighted by Crippen LogP contribution is 2.28. The van der Waals surface area contributed by atoms with E-state index in [2.05, 4.69) is 17.3 Å². The topological polar surface area (TPSA) is 46.1 Å². The molecule has 5 heteroatoms. The Labute approximate surface area is 107 Å². The van der Waals surface area contributed by atoms with E-state index < -0.39 is 0 Å². The molecule has 1 atom stereocenters. The van der Waals surface area contributed by atoms with Crippen LogP contribution in [0.4, 0.5) is 5.69 Å². The lowest BCUT2D eigenvalue weighted by Crippen LogP contribution is -2.46. The van der Waals surface area contributed by atoms with E-state index in [-0.39, 0.29) is 6.35 Å². The van der Waals surface area contributed by atoms with Gasteiger partial charge in [-0.25, -0.2) is 10.4 Å². The van der Waals surface area contributed by atoms with Crippen molar-refractivity contribution in [1.29, 1.82) is 0 Å². The second kappa shape index (κ2) is 5.84. The van der Waals surface area contributed by atoms with Crippen molar-refractivity contribution < 1.29 is 9.47 Å². The summed E-state index contributed by atoms with van der Waals surface area (Å²) in [4.78, 5) is 4.40. The first-order valence-electron chi connectivity index (χ1n) is 6.09. The average Bonchev–Trinajstić information content (AvgIpc) is 2.43. The van der Waals surface area contributed by atoms with Gasteiger partial charge in [0.2, 0.25) is 6.35 Å². The molecule has 5 nitrogen and oxygen atoms in total. The summed E-state index contributed by atoms with van der Waals surface area (Å²) in [6.45, 7) is 2.76. The summed E-state index contributed by atoms with van der Waals surface area (Å²) in [5, 5.41) is 1.91. The lowest BCUT2D eigenvalue weighted by molar-refractivity contribution is 0.0509. The Kier molecular flexibility index (Phi) is 4.17. The highest BCUT2D eigenvalue weighted by atomic mass is 16.5. The number of hydrogen-bond donors (Lipinski definition) is 1. The zero-order valence-corrected chi connectivity index (χ0v) is 11.0. The van der Waals surface area contributed by atoms with Gasteiger partial charge < -0.3 is 9.47 Å². The molecule has 1 heterocycles. The van der Waals surface area contributed by atoms with Crippen LogP contribution in [-0.4, -0.2) is 33.3 Å². The molecular weight excluding hydrogens is 230 g/mol. The first-order valence-corrected chi connectivity index (χ1v) is 6.09. The number of anilines is 1. The maximum absolute atomic E-state index is 5.68. The number of fused-ring (bicyclic) bond motifs is 1. The number of benzene rings is 1. The van der Waals surface area contributed by atoms with Gasteiger partial charge in [0, 0.05) is 18.8 Å². The Hall–Kier alpha value is -1.59. The second-order valence-corrected chi connectivity index (χ2v) is 3.99. The minimum absolute atomic E-state index is 0.309. The van der Waals surface area contributed by atoms with Crippen LogP contribution in [0.25, 0.3) is 0 Å². The number of ether oxygens (including phenoxy) is 2. The summed E-state index contributed by atoms with van der Waals surface area (Å²) >= 11 is 0. The van der Waals surface area contributed by atoms with Crippen LogP contribution in [0.1, 0.15) is 18.9 Å². The van der Waals surface area contributed by atoms with Crippen molar-refractivity contribution in [2.24, 2.45) is 4.99 Å². The van der Waals surface area contributed by atoms with Gasteiger partial charge in [-0.1, -0.05) is 6.92 Å². The first kappa shape index (κ1) is 12.9. The monoisotopic (exact) mass is 249 g/mol. The van der Waals surface area contributed by atoms with Crippen LogP contribution in [0.5, 0.6) is 5.75 Å². The van der Waals surface area contributed by atoms with Gasteiger partial charge in [0.25, 0.3) is 0 Å². The Balaban J connectivity index is 2.26. The highest BCUT2D eigenvalue weighted by Gasteiger charge is 2.23. The Morgan fingerprint density at radius 2 is 2.28 bits per heavy atom. The third-order valence-electron chi connectivity index (χ3n) is 2.77. The van der Waals surface area contributed by atoms with Crippen LogP contribution in [0.15, 0.2) is 23.2 Å². The van der Waals surface area contributed by atoms with Crippen molar-refractivity contribution >= 4 is 11.9 Å². The fourth-order valence-electron chi connectivity index (χ4n) is 1.88. The molecular formula is C13H19N3O2. The smallest absolute Gasteiger partial charge is 0.241 e. The molecule has 1 N–H and O–H groups in total. The van der Waals surface area contributed by atoms with Crippen LogP contribution in [-0.2, 0) is 4.74 Å². The number of hydrazine groups is 1. The molecule has 1 unspecified atom stereocenters. The zero-order valence-electron chi connectivity index (χ0n) is 11.0. The predicted octanol–water partition coefficient (Wildman–Crippen LogP) is 1.78. The van der Waals surface area contributed by atoms with Gasteiger partial charge in [-0.2, -0.15) is 0 Å². The van der Waals surface area contributed by atoms with Crippen molar-refractivity contribution in [2.45, 2.75) is 19.7 Å². The standard InChI is InChI=1S/C13H19N3O2/c1-4-7-18-13-15-9-10-8-11(17-3)5-6-12(10)16(13)14-2/h5-6,8-9,13-14H,4,7H2,1-3H3. The molecule has 0 aromatic heterocycles. The molecule has 1 aromatic carbocycles. The third-order valence-corrected chi connectivity index (χ3v) is 2.77. The molecule has 0 saturated heterocycles. The molecule has 0 bridgehead atoms. The number of nitrogens with one attached hydrogen (secondary N) is 1. The van der Waals surface area contributed by atoms with Gasteiger partial charge in [0.1, 0.15) is 5.75 Å². The van der Waals surface area contributed by atoms with E-state index in [9.17, 15) is 0 Å². The van der Waals surface area contributed by atoms with Gasteiger partial charge in [-0.15, -0.1) is 0 Å². The van der Waals surface area contributed by atoms with Gasteiger partial charge in [-0.05, 0) is 24.6 Å². The number of hydrogen-bond acceptors (Lipinski definition) is 5. The molecule has 0 saturated carbocycles. The molecule has 0 aliphatic carbocycles. The molecule has 2 rings (SSSR count). The summed E-state index contributed by atoms with van der Waals surface area (Å²) in [5.41, 5.74) is 5.16. The van der Waals surface area contributed by atoms with E-state index in [0.717, 1.165) is 23.4 Å². The molecule has 0 radical (unpaired) electrons. The lowest BCUT2D eigenvalue weighted by Gasteiger charge is -2.33. The molecule has 0 fully saturated rings. The van der Waals surface area contributed by atoms with Gasteiger partial charge in [-0.3, -0.25) is 5.01 Å². The largest absolute Gasteiger partial charge is 0.497 e. The predicted molar refractivity (Wildman–Crippen MR) is 72.2 cm³/mol. The van der Waals surface area contributed by atoms with Crippen molar-refractivity contribution in [3.8, 4) is 5.75 Å². The summed E-state index contributed by atoms with van der Waals surface area (Å²) in [5.74, 6) is 0.823. The summed E-state index contributed by atoms with van der Waals surface area (Å²) in [7, 11) is 3.52. The molecule has 18 heavy (non-hydrogen) atoms. The SMILES string of the molecule is CCCOC1N=Cc2cc(OC)ccc2N1NC. The molecule has 98 valence electrons. The second-order valence-electron chi connectivity index (χ2n) is 3.99. The van der Waals surface area contributed by atoms with Crippen LogP contribution < -0.4 is 15.2 Å². The molecule has 1 aliphatic heterocycles. The van der Waals surface area contributed by atoms with E-state index in [0.29, 0.717) is 6.61 Å². The number of nitrogens with zero attached hydrogens (tertiary/aromatic N) is 2. The molecule has 1 aromatic rings. The van der Waals surface area contributed by atoms with Crippen LogP contribution in [0.3, 0.4) is 0 Å². The Morgan fingerprint density at radius 1 is 1.44 bits per heavy atom. The fraction of sp³-hybridized carbons (Fsp3) is 0.462. The van der Waals surface area contributed by atoms with E-state index in [1.54, 1.807) is 7.11 Å². The fourth-order valence-corrected chi connectivity index (χ4v) is 1.88. The number of rotatable bonds is 5. The summed E-state index contributed by atoms with van der Waals surface area (Å²) < 4.78 is 10.9. The van der Waals surface area contributed by atoms with E-state index >= 15 is 0 Å². The van der Waals surface area contributed by atoms with E-state index in [1.165, 1.54) is 0 Å². The van der Waals surface area contributed by atoms with Crippen molar-refractivity contribution in [2.75, 3.05) is 25.8 Å². The zero-order chi connectivity index (χ0) is 13.0. The highest BCUT2D eigenvalue weighted by molar-refractivity contribution is 5.90. The van der Waals surface area contributed by atoms with Gasteiger partial charge in [0.05, 0.1) is 19.4 Å². The van der Waals surface area contributed by atoms with Crippen LogP contribution in [0.2, 0.25) is 0 Å². The third kappa shape index (κ3) is 2.47. The first-order chi connectivity index (χ1) is 8.80. The summed E-state index contributed by atoms with van der Waals surface area (Å²) in [6, 6.07) is 5.89. The lowest BCUT2D eigenvalue weighted by atomic mass is 10.1. The number of methoxy groups -OCH3 is 1. The molecule has 0 spiro atoms. The molecule has 0 amide bonds. The maximum atomic E-state index is 5.68. The van der Waals surface area contributed by atoms with Gasteiger partial charge >= 0.3 is 0 Å². The van der Waals surface area contributed by atoms with Crippen molar-refractivity contribution in [3.63, 3.8) is 0 Å². The van der Waals surface area contributed by atoms with E-state index in [4.69, 9.17) is 9.47 Å². The quantitative estimate of drug-likeness (QED) is 0.864. The normalized spacial score (nSPS) is 17.7.